The Labute approximate surface area is 72.0 Å². The van der Waals surface area contributed by atoms with Crippen molar-refractivity contribution in [3.63, 3.8) is 0 Å². The molecule has 0 fully saturated rings. The molecule has 4 heteroatoms. The molecule has 1 aromatic heterocycles. The lowest BCUT2D eigenvalue weighted by Crippen LogP contribution is -1.80. The van der Waals surface area contributed by atoms with Crippen molar-refractivity contribution in [2.75, 3.05) is 0 Å². The summed E-state index contributed by atoms with van der Waals surface area (Å²) in [5, 5.41) is 0.411. The molecule has 1 heterocycles. The Hall–Kier alpha value is -1.09. The van der Waals surface area contributed by atoms with Crippen LogP contribution >= 0.6 is 11.6 Å². The largest absolute Gasteiger partial charge is 0.343 e. The Morgan fingerprint density at radius 2 is 1.83 bits per heavy atom. The monoisotopic (exact) mass is 187 g/mol. The van der Waals surface area contributed by atoms with Crippen molar-refractivity contribution in [1.82, 2.24) is 4.98 Å². The standard InChI is InChI=1S/C8H4ClF2N/c9-7-3-4-5(10)1-2-6(11)8(4)12-7/h1-3,12H. The van der Waals surface area contributed by atoms with Gasteiger partial charge in [-0.2, -0.15) is 0 Å². The highest BCUT2D eigenvalue weighted by Gasteiger charge is 2.08. The second kappa shape index (κ2) is 2.45. The maximum atomic E-state index is 12.9. The highest BCUT2D eigenvalue weighted by Crippen LogP contribution is 2.23. The van der Waals surface area contributed by atoms with Gasteiger partial charge >= 0.3 is 0 Å². The molecule has 0 saturated carbocycles. The molecule has 0 bridgehead atoms. The zero-order valence-electron chi connectivity index (χ0n) is 5.87. The van der Waals surface area contributed by atoms with Gasteiger partial charge in [-0.1, -0.05) is 11.6 Å². The van der Waals surface area contributed by atoms with Crippen molar-refractivity contribution < 1.29 is 8.78 Å². The third-order valence-corrected chi connectivity index (χ3v) is 1.86. The number of nitrogens with one attached hydrogen (secondary N) is 1. The van der Waals surface area contributed by atoms with Crippen molar-refractivity contribution in [2.45, 2.75) is 0 Å². The van der Waals surface area contributed by atoms with Crippen molar-refractivity contribution in [1.29, 1.82) is 0 Å². The second-order valence-electron chi connectivity index (χ2n) is 2.44. The van der Waals surface area contributed by atoms with Gasteiger partial charge in [-0.15, -0.1) is 0 Å². The Morgan fingerprint density at radius 1 is 1.17 bits per heavy atom. The van der Waals surface area contributed by atoms with Gasteiger partial charge in [0.05, 0.1) is 5.52 Å². The van der Waals surface area contributed by atoms with Crippen LogP contribution in [-0.4, -0.2) is 4.98 Å². The van der Waals surface area contributed by atoms with Crippen LogP contribution in [0.15, 0.2) is 18.2 Å². The fraction of sp³-hybridized carbons (Fsp3) is 0. The second-order valence-corrected chi connectivity index (χ2v) is 2.84. The molecular formula is C8H4ClF2N. The molecule has 2 rings (SSSR count). The van der Waals surface area contributed by atoms with Gasteiger partial charge in [0.1, 0.15) is 16.8 Å². The number of hydrogen-bond donors (Lipinski definition) is 1. The summed E-state index contributed by atoms with van der Waals surface area (Å²) >= 11 is 5.54. The molecule has 0 spiro atoms. The molecule has 0 aliphatic carbocycles. The van der Waals surface area contributed by atoms with Gasteiger partial charge in [0, 0.05) is 5.39 Å². The molecule has 0 saturated heterocycles. The van der Waals surface area contributed by atoms with Crippen molar-refractivity contribution in [2.24, 2.45) is 0 Å². The van der Waals surface area contributed by atoms with Crippen LogP contribution in [-0.2, 0) is 0 Å². The Bertz CT molecular complexity index is 397. The summed E-state index contributed by atoms with van der Waals surface area (Å²) in [7, 11) is 0. The number of aromatic amines is 1. The predicted molar refractivity (Wildman–Crippen MR) is 43.2 cm³/mol. The Kier molecular flexibility index (Phi) is 1.54. The predicted octanol–water partition coefficient (Wildman–Crippen LogP) is 3.10. The zero-order chi connectivity index (χ0) is 8.72. The molecule has 1 N–H and O–H groups in total. The molecule has 62 valence electrons. The number of benzene rings is 1. The lowest BCUT2D eigenvalue weighted by molar-refractivity contribution is 0.616. The summed E-state index contributed by atoms with van der Waals surface area (Å²) in [6.07, 6.45) is 0. The number of hydrogen-bond acceptors (Lipinski definition) is 0. The lowest BCUT2D eigenvalue weighted by atomic mass is 10.2. The average molecular weight is 188 g/mol. The number of H-pyrrole nitrogens is 1. The van der Waals surface area contributed by atoms with E-state index in [1.165, 1.54) is 6.07 Å². The van der Waals surface area contributed by atoms with E-state index in [9.17, 15) is 8.78 Å². The van der Waals surface area contributed by atoms with Crippen LogP contribution in [0.5, 0.6) is 0 Å². The lowest BCUT2D eigenvalue weighted by Gasteiger charge is -1.92. The van der Waals surface area contributed by atoms with E-state index >= 15 is 0 Å². The highest BCUT2D eigenvalue weighted by atomic mass is 35.5. The van der Waals surface area contributed by atoms with E-state index < -0.39 is 11.6 Å². The van der Waals surface area contributed by atoms with Gasteiger partial charge in [0.15, 0.2) is 0 Å². The number of fused-ring (bicyclic) bond motifs is 1. The summed E-state index contributed by atoms with van der Waals surface area (Å²) in [6, 6.07) is 3.49. The van der Waals surface area contributed by atoms with E-state index in [1.807, 2.05) is 0 Å². The van der Waals surface area contributed by atoms with Crippen LogP contribution in [0.25, 0.3) is 10.9 Å². The third-order valence-electron chi connectivity index (χ3n) is 1.66. The van der Waals surface area contributed by atoms with Crippen LogP contribution < -0.4 is 0 Å². The van der Waals surface area contributed by atoms with Gasteiger partial charge in [0.25, 0.3) is 0 Å². The molecule has 2 aromatic rings. The molecular weight excluding hydrogens is 184 g/mol. The molecule has 0 radical (unpaired) electrons. The van der Waals surface area contributed by atoms with Crippen LogP contribution in [0.2, 0.25) is 5.15 Å². The summed E-state index contributed by atoms with van der Waals surface area (Å²) in [5.74, 6) is -0.979. The third kappa shape index (κ3) is 0.975. The van der Waals surface area contributed by atoms with Crippen molar-refractivity contribution in [3.8, 4) is 0 Å². The minimum Gasteiger partial charge on any atom is -0.343 e. The fourth-order valence-electron chi connectivity index (χ4n) is 1.12. The number of halogens is 3. The van der Waals surface area contributed by atoms with E-state index in [0.717, 1.165) is 12.1 Å². The number of aromatic nitrogens is 1. The van der Waals surface area contributed by atoms with Crippen LogP contribution in [0.4, 0.5) is 8.78 Å². The smallest absolute Gasteiger partial charge is 0.147 e. The fourth-order valence-corrected chi connectivity index (χ4v) is 1.32. The highest BCUT2D eigenvalue weighted by molar-refractivity contribution is 6.30. The normalized spacial score (nSPS) is 10.9. The zero-order valence-corrected chi connectivity index (χ0v) is 6.62. The molecule has 12 heavy (non-hydrogen) atoms. The van der Waals surface area contributed by atoms with Gasteiger partial charge in [-0.25, -0.2) is 8.78 Å². The molecule has 0 aliphatic rings. The minimum absolute atomic E-state index is 0.111. The molecule has 1 nitrogen and oxygen atoms in total. The molecule has 0 unspecified atom stereocenters. The topological polar surface area (TPSA) is 15.8 Å². The SMILES string of the molecule is Fc1ccc(F)c2[nH]c(Cl)cc12. The summed E-state index contributed by atoms with van der Waals surface area (Å²) in [6.45, 7) is 0. The van der Waals surface area contributed by atoms with Gasteiger partial charge < -0.3 is 4.98 Å². The van der Waals surface area contributed by atoms with Gasteiger partial charge in [-0.3, -0.25) is 0 Å². The maximum Gasteiger partial charge on any atom is 0.147 e. The van der Waals surface area contributed by atoms with Crippen LogP contribution in [0, 0.1) is 11.6 Å². The van der Waals surface area contributed by atoms with Crippen LogP contribution in [0.3, 0.4) is 0 Å². The summed E-state index contributed by atoms with van der Waals surface area (Å²) in [5.41, 5.74) is 0.111. The van der Waals surface area contributed by atoms with E-state index in [4.69, 9.17) is 11.6 Å². The Balaban J connectivity index is 2.93. The maximum absolute atomic E-state index is 12.9. The average Bonchev–Trinajstić information content (AvgIpc) is 2.41. The molecule has 1 aromatic carbocycles. The van der Waals surface area contributed by atoms with E-state index in [2.05, 4.69) is 4.98 Å². The van der Waals surface area contributed by atoms with Crippen LogP contribution in [0.1, 0.15) is 0 Å². The van der Waals surface area contributed by atoms with Crippen molar-refractivity contribution in [3.05, 3.63) is 35.0 Å². The number of rotatable bonds is 0. The molecule has 0 atom stereocenters. The van der Waals surface area contributed by atoms with E-state index in [0.29, 0.717) is 0 Å². The quantitative estimate of drug-likeness (QED) is 0.652. The van der Waals surface area contributed by atoms with Gasteiger partial charge in [0.2, 0.25) is 0 Å². The van der Waals surface area contributed by atoms with Crippen molar-refractivity contribution >= 4 is 22.5 Å². The minimum atomic E-state index is -0.502. The first-order chi connectivity index (χ1) is 5.68. The first-order valence-corrected chi connectivity index (χ1v) is 3.68. The van der Waals surface area contributed by atoms with E-state index in [-0.39, 0.29) is 16.1 Å². The first kappa shape index (κ1) is 7.55. The first-order valence-electron chi connectivity index (χ1n) is 3.30. The Morgan fingerprint density at radius 3 is 2.50 bits per heavy atom. The molecule has 0 aliphatic heterocycles. The summed E-state index contributed by atoms with van der Waals surface area (Å²) in [4.78, 5) is 2.52. The van der Waals surface area contributed by atoms with E-state index in [1.54, 1.807) is 0 Å². The molecule has 0 amide bonds. The van der Waals surface area contributed by atoms with Gasteiger partial charge in [-0.05, 0) is 18.2 Å². The summed E-state index contributed by atoms with van der Waals surface area (Å²) < 4.78 is 25.9.